The molecule has 1 N–H and O–H groups in total. The average Bonchev–Trinajstić information content (AvgIpc) is 3.19. The first-order valence-electron chi connectivity index (χ1n) is 9.14. The number of pyridine rings is 1. The van der Waals surface area contributed by atoms with Gasteiger partial charge in [-0.1, -0.05) is 36.4 Å². The molecule has 26 heavy (non-hydrogen) atoms. The van der Waals surface area contributed by atoms with E-state index in [1.54, 1.807) is 12.4 Å². The van der Waals surface area contributed by atoms with Gasteiger partial charge in [-0.2, -0.15) is 0 Å². The number of hydrogen-bond donors (Lipinski definition) is 1. The second kappa shape index (κ2) is 8.06. The molecule has 0 spiro atoms. The maximum absolute atomic E-state index is 4.57. The van der Waals surface area contributed by atoms with Crippen LogP contribution in [0.3, 0.4) is 0 Å². The smallest absolute Gasteiger partial charge is 0.223 e. The van der Waals surface area contributed by atoms with Crippen molar-refractivity contribution >= 4 is 5.95 Å². The summed E-state index contributed by atoms with van der Waals surface area (Å²) in [6.07, 6.45) is 4.79. The fourth-order valence-corrected chi connectivity index (χ4v) is 3.46. The Morgan fingerprint density at radius 3 is 2.65 bits per heavy atom. The van der Waals surface area contributed by atoms with Crippen molar-refractivity contribution in [3.63, 3.8) is 0 Å². The number of nitrogens with zero attached hydrogens (tertiary/aromatic N) is 4. The molecule has 1 atom stereocenters. The minimum absolute atomic E-state index is 0.653. The number of anilines is 1. The topological polar surface area (TPSA) is 53.9 Å². The summed E-state index contributed by atoms with van der Waals surface area (Å²) in [5.41, 5.74) is 3.16. The standard InChI is InChI=1S/C21H23N5/c1-2-6-17(7-3-1)18-10-14-26(16-18)15-13-24-21-23-12-9-20(25-21)19-8-4-5-11-22-19/h1-9,11-12,18H,10,13-16H2,(H,23,24,25)/t18-/m0/s1. The zero-order valence-electron chi connectivity index (χ0n) is 14.8. The molecule has 0 aliphatic carbocycles. The molecule has 3 heterocycles. The van der Waals surface area contributed by atoms with Gasteiger partial charge in [-0.25, -0.2) is 9.97 Å². The summed E-state index contributed by atoms with van der Waals surface area (Å²) >= 11 is 0. The van der Waals surface area contributed by atoms with Gasteiger partial charge < -0.3 is 10.2 Å². The van der Waals surface area contributed by atoms with Crippen molar-refractivity contribution in [1.29, 1.82) is 0 Å². The van der Waals surface area contributed by atoms with Gasteiger partial charge >= 0.3 is 0 Å². The predicted octanol–water partition coefficient (Wildman–Crippen LogP) is 3.44. The van der Waals surface area contributed by atoms with Gasteiger partial charge in [-0.05, 0) is 42.6 Å². The first kappa shape index (κ1) is 16.7. The van der Waals surface area contributed by atoms with Gasteiger partial charge in [-0.15, -0.1) is 0 Å². The van der Waals surface area contributed by atoms with Crippen molar-refractivity contribution in [3.8, 4) is 11.4 Å². The molecule has 4 rings (SSSR count). The maximum atomic E-state index is 4.57. The lowest BCUT2D eigenvalue weighted by atomic mass is 9.99. The highest BCUT2D eigenvalue weighted by molar-refractivity contribution is 5.54. The lowest BCUT2D eigenvalue weighted by Gasteiger charge is -2.16. The largest absolute Gasteiger partial charge is 0.353 e. The van der Waals surface area contributed by atoms with Crippen molar-refractivity contribution in [2.45, 2.75) is 12.3 Å². The second-order valence-electron chi connectivity index (χ2n) is 6.60. The van der Waals surface area contributed by atoms with Crippen LogP contribution in [0, 0.1) is 0 Å². The number of likely N-dealkylation sites (tertiary alicyclic amines) is 1. The molecule has 0 unspecified atom stereocenters. The third-order valence-electron chi connectivity index (χ3n) is 4.84. The third-order valence-corrected chi connectivity index (χ3v) is 4.84. The van der Waals surface area contributed by atoms with Crippen molar-refractivity contribution in [1.82, 2.24) is 19.9 Å². The predicted molar refractivity (Wildman–Crippen MR) is 104 cm³/mol. The minimum atomic E-state index is 0.653. The van der Waals surface area contributed by atoms with E-state index in [1.165, 1.54) is 12.0 Å². The van der Waals surface area contributed by atoms with Gasteiger partial charge in [-0.3, -0.25) is 4.98 Å². The van der Waals surface area contributed by atoms with Gasteiger partial charge in [0.1, 0.15) is 0 Å². The summed E-state index contributed by atoms with van der Waals surface area (Å²) in [4.78, 5) is 15.7. The molecule has 5 nitrogen and oxygen atoms in total. The molecule has 0 amide bonds. The van der Waals surface area contributed by atoms with Crippen molar-refractivity contribution in [2.24, 2.45) is 0 Å². The molecular weight excluding hydrogens is 322 g/mol. The minimum Gasteiger partial charge on any atom is -0.353 e. The Hall–Kier alpha value is -2.79. The van der Waals surface area contributed by atoms with Crippen LogP contribution in [-0.4, -0.2) is 46.0 Å². The van der Waals surface area contributed by atoms with Crippen molar-refractivity contribution in [3.05, 3.63) is 72.6 Å². The van der Waals surface area contributed by atoms with E-state index in [0.717, 1.165) is 37.6 Å². The Bertz CT molecular complexity index is 822. The van der Waals surface area contributed by atoms with E-state index >= 15 is 0 Å². The van der Waals surface area contributed by atoms with E-state index in [2.05, 4.69) is 55.5 Å². The van der Waals surface area contributed by atoms with Gasteiger partial charge in [0.25, 0.3) is 0 Å². The Labute approximate surface area is 154 Å². The number of hydrogen-bond acceptors (Lipinski definition) is 5. The Balaban J connectivity index is 1.29. The summed E-state index contributed by atoms with van der Waals surface area (Å²) in [7, 11) is 0. The number of nitrogens with one attached hydrogen (secondary N) is 1. The lowest BCUT2D eigenvalue weighted by Crippen LogP contribution is -2.27. The first-order valence-corrected chi connectivity index (χ1v) is 9.14. The highest BCUT2D eigenvalue weighted by Gasteiger charge is 2.23. The Morgan fingerprint density at radius 2 is 1.81 bits per heavy atom. The van der Waals surface area contributed by atoms with Crippen molar-refractivity contribution < 1.29 is 0 Å². The van der Waals surface area contributed by atoms with E-state index in [-0.39, 0.29) is 0 Å². The van der Waals surface area contributed by atoms with Gasteiger partial charge in [0.2, 0.25) is 5.95 Å². The van der Waals surface area contributed by atoms with Crippen LogP contribution < -0.4 is 5.32 Å². The fraction of sp³-hybridized carbons (Fsp3) is 0.286. The summed E-state index contributed by atoms with van der Waals surface area (Å²) < 4.78 is 0. The molecular formula is C21H23N5. The van der Waals surface area contributed by atoms with Crippen LogP contribution in [0.1, 0.15) is 17.9 Å². The number of benzene rings is 1. The summed E-state index contributed by atoms with van der Waals surface area (Å²) in [5, 5.41) is 3.34. The molecule has 3 aromatic rings. The monoisotopic (exact) mass is 345 g/mol. The Kier molecular flexibility index (Phi) is 5.17. The van der Waals surface area contributed by atoms with Crippen LogP contribution >= 0.6 is 0 Å². The fourth-order valence-electron chi connectivity index (χ4n) is 3.46. The zero-order valence-corrected chi connectivity index (χ0v) is 14.8. The van der Waals surface area contributed by atoms with Gasteiger partial charge in [0.15, 0.2) is 0 Å². The quantitative estimate of drug-likeness (QED) is 0.742. The van der Waals surface area contributed by atoms with Gasteiger partial charge in [0, 0.05) is 32.0 Å². The molecule has 0 bridgehead atoms. The molecule has 0 saturated carbocycles. The Morgan fingerprint density at radius 1 is 0.923 bits per heavy atom. The van der Waals surface area contributed by atoms with Crippen LogP contribution in [0.5, 0.6) is 0 Å². The van der Waals surface area contributed by atoms with Gasteiger partial charge in [0.05, 0.1) is 11.4 Å². The van der Waals surface area contributed by atoms with E-state index in [0.29, 0.717) is 11.9 Å². The average molecular weight is 345 g/mol. The molecule has 1 aliphatic heterocycles. The van der Waals surface area contributed by atoms with Crippen LogP contribution in [0.15, 0.2) is 67.0 Å². The molecule has 1 fully saturated rings. The third kappa shape index (κ3) is 4.06. The molecule has 132 valence electrons. The maximum Gasteiger partial charge on any atom is 0.223 e. The molecule has 1 aromatic carbocycles. The number of rotatable bonds is 6. The molecule has 0 radical (unpaired) electrons. The molecule has 2 aromatic heterocycles. The molecule has 5 heteroatoms. The second-order valence-corrected chi connectivity index (χ2v) is 6.60. The number of aromatic nitrogens is 3. The SMILES string of the molecule is c1ccc([C@H]2CCN(CCNc3nccc(-c4ccccn4)n3)C2)cc1. The highest BCUT2D eigenvalue weighted by Crippen LogP contribution is 2.26. The summed E-state index contributed by atoms with van der Waals surface area (Å²) in [6.45, 7) is 4.12. The van der Waals surface area contributed by atoms with E-state index in [4.69, 9.17) is 0 Å². The molecule has 1 aliphatic rings. The van der Waals surface area contributed by atoms with Crippen LogP contribution in [0.4, 0.5) is 5.95 Å². The van der Waals surface area contributed by atoms with E-state index in [1.807, 2.05) is 24.3 Å². The van der Waals surface area contributed by atoms with E-state index < -0.39 is 0 Å². The zero-order chi connectivity index (χ0) is 17.6. The van der Waals surface area contributed by atoms with E-state index in [9.17, 15) is 0 Å². The summed E-state index contributed by atoms with van der Waals surface area (Å²) in [6, 6.07) is 18.5. The lowest BCUT2D eigenvalue weighted by molar-refractivity contribution is 0.347. The normalized spacial score (nSPS) is 17.3. The summed E-state index contributed by atoms with van der Waals surface area (Å²) in [5.74, 6) is 1.31. The van der Waals surface area contributed by atoms with Crippen LogP contribution in [0.2, 0.25) is 0 Å². The van der Waals surface area contributed by atoms with Crippen molar-refractivity contribution in [2.75, 3.05) is 31.5 Å². The highest BCUT2D eigenvalue weighted by atomic mass is 15.2. The molecule has 1 saturated heterocycles. The van der Waals surface area contributed by atoms with Crippen LogP contribution in [0.25, 0.3) is 11.4 Å². The first-order chi connectivity index (χ1) is 12.9. The van der Waals surface area contributed by atoms with Crippen LogP contribution in [-0.2, 0) is 0 Å².